The summed E-state index contributed by atoms with van der Waals surface area (Å²) >= 11 is 0. The average Bonchev–Trinajstić information content (AvgIpc) is 3.24. The van der Waals surface area contributed by atoms with E-state index in [1.54, 1.807) is 42.6 Å². The van der Waals surface area contributed by atoms with Crippen LogP contribution in [0.25, 0.3) is 11.1 Å². The zero-order valence-electron chi connectivity index (χ0n) is 21.9. The number of carbonyl (C=O) groups is 1. The van der Waals surface area contributed by atoms with Crippen LogP contribution in [0, 0.1) is 17.1 Å². The SMILES string of the molecule is CC.CCC.CNCC/C(N)=C/N(N)CC1CN(c2ccc(-c3ccc(C#N)cc3)c(F)c2)C(=O)O1. The molecule has 1 heterocycles. The van der Waals surface area contributed by atoms with Crippen molar-refractivity contribution in [3.8, 4) is 17.2 Å². The normalized spacial score (nSPS) is 14.6. The highest BCUT2D eigenvalue weighted by Crippen LogP contribution is 2.29. The lowest BCUT2D eigenvalue weighted by atomic mass is 10.0. The molecule has 0 aromatic heterocycles. The second kappa shape index (κ2) is 16.1. The number of amides is 1. The van der Waals surface area contributed by atoms with Gasteiger partial charge in [-0.15, -0.1) is 0 Å². The summed E-state index contributed by atoms with van der Waals surface area (Å²) in [6.45, 7) is 9.48. The van der Waals surface area contributed by atoms with E-state index in [1.807, 2.05) is 27.0 Å². The minimum absolute atomic E-state index is 0.243. The number of nitriles is 1. The number of carbonyl (C=O) groups excluding carboxylic acids is 1. The van der Waals surface area contributed by atoms with E-state index < -0.39 is 18.0 Å². The summed E-state index contributed by atoms with van der Waals surface area (Å²) in [5.41, 5.74) is 8.43. The minimum atomic E-state index is -0.559. The number of hydrogen-bond donors (Lipinski definition) is 3. The predicted molar refractivity (Wildman–Crippen MR) is 143 cm³/mol. The Kier molecular flexibility index (Phi) is 13.6. The molecule has 5 N–H and O–H groups in total. The molecule has 196 valence electrons. The molecule has 1 aliphatic heterocycles. The number of nitrogens with zero attached hydrogens (tertiary/aromatic N) is 3. The topological polar surface area (TPSA) is 121 Å². The van der Waals surface area contributed by atoms with Crippen molar-refractivity contribution in [3.63, 3.8) is 0 Å². The molecule has 3 rings (SSSR count). The Balaban J connectivity index is 0.00000120. The van der Waals surface area contributed by atoms with Crippen LogP contribution >= 0.6 is 0 Å². The molecule has 2 aromatic carbocycles. The number of halogens is 1. The van der Waals surface area contributed by atoms with Gasteiger partial charge in [0.05, 0.1) is 30.4 Å². The van der Waals surface area contributed by atoms with E-state index in [-0.39, 0.29) is 13.1 Å². The first-order chi connectivity index (χ1) is 17.3. The maximum atomic E-state index is 14.8. The Labute approximate surface area is 214 Å². The van der Waals surface area contributed by atoms with Crippen molar-refractivity contribution in [3.05, 3.63) is 65.7 Å². The van der Waals surface area contributed by atoms with Crippen LogP contribution in [0.1, 0.15) is 46.1 Å². The molecule has 9 heteroatoms. The van der Waals surface area contributed by atoms with Gasteiger partial charge in [-0.3, -0.25) is 4.90 Å². The molecule has 36 heavy (non-hydrogen) atoms. The number of anilines is 1. The quantitative estimate of drug-likeness (QED) is 0.356. The first kappa shape index (κ1) is 30.4. The summed E-state index contributed by atoms with van der Waals surface area (Å²) < 4.78 is 20.1. The maximum Gasteiger partial charge on any atom is 0.414 e. The van der Waals surface area contributed by atoms with Crippen LogP contribution in [0.2, 0.25) is 0 Å². The third kappa shape index (κ3) is 9.21. The highest BCUT2D eigenvalue weighted by atomic mass is 19.1. The van der Waals surface area contributed by atoms with Gasteiger partial charge in [-0.05, 0) is 42.9 Å². The Morgan fingerprint density at radius 2 is 1.92 bits per heavy atom. The molecule has 2 aromatic rings. The predicted octanol–water partition coefficient (Wildman–Crippen LogP) is 4.72. The zero-order valence-corrected chi connectivity index (χ0v) is 21.9. The summed E-state index contributed by atoms with van der Waals surface area (Å²) in [5, 5.41) is 13.3. The Morgan fingerprint density at radius 3 is 2.47 bits per heavy atom. The number of cyclic esters (lactones) is 1. The van der Waals surface area contributed by atoms with Gasteiger partial charge in [0.25, 0.3) is 0 Å². The molecule has 0 aliphatic carbocycles. The van der Waals surface area contributed by atoms with Gasteiger partial charge >= 0.3 is 6.09 Å². The van der Waals surface area contributed by atoms with Crippen LogP contribution in [0.5, 0.6) is 0 Å². The van der Waals surface area contributed by atoms with Crippen molar-refractivity contribution in [1.82, 2.24) is 10.3 Å². The third-order valence-electron chi connectivity index (χ3n) is 4.87. The van der Waals surface area contributed by atoms with E-state index in [9.17, 15) is 9.18 Å². The van der Waals surface area contributed by atoms with Crippen LogP contribution in [0.4, 0.5) is 14.9 Å². The fourth-order valence-corrected chi connectivity index (χ4v) is 3.29. The van der Waals surface area contributed by atoms with Crippen LogP contribution in [-0.2, 0) is 4.74 Å². The van der Waals surface area contributed by atoms with Crippen molar-refractivity contribution in [2.24, 2.45) is 11.6 Å². The molecule has 1 aliphatic rings. The second-order valence-corrected chi connectivity index (χ2v) is 7.93. The number of hydrazine groups is 1. The minimum Gasteiger partial charge on any atom is -0.442 e. The molecule has 1 atom stereocenters. The van der Waals surface area contributed by atoms with Crippen molar-refractivity contribution >= 4 is 11.8 Å². The lowest BCUT2D eigenvalue weighted by molar-refractivity contribution is 0.122. The summed E-state index contributed by atoms with van der Waals surface area (Å²) in [5.74, 6) is 5.48. The highest BCUT2D eigenvalue weighted by molar-refractivity contribution is 5.90. The Bertz CT molecular complexity index is 1020. The molecule has 1 fully saturated rings. The monoisotopic (exact) mass is 498 g/mol. The summed E-state index contributed by atoms with van der Waals surface area (Å²) in [6.07, 6.45) is 2.47. The van der Waals surface area contributed by atoms with E-state index in [0.29, 0.717) is 34.5 Å². The molecular formula is C27H39FN6O2. The van der Waals surface area contributed by atoms with E-state index in [2.05, 4.69) is 19.2 Å². The highest BCUT2D eigenvalue weighted by Gasteiger charge is 2.33. The van der Waals surface area contributed by atoms with Gasteiger partial charge in [-0.2, -0.15) is 5.26 Å². The van der Waals surface area contributed by atoms with E-state index in [4.69, 9.17) is 21.6 Å². The summed E-state index contributed by atoms with van der Waals surface area (Å²) in [4.78, 5) is 13.7. The van der Waals surface area contributed by atoms with Gasteiger partial charge in [0.15, 0.2) is 0 Å². The van der Waals surface area contributed by atoms with E-state index >= 15 is 0 Å². The largest absolute Gasteiger partial charge is 0.442 e. The smallest absolute Gasteiger partial charge is 0.414 e. The van der Waals surface area contributed by atoms with Gasteiger partial charge in [0, 0.05) is 30.4 Å². The Hall–Kier alpha value is -3.61. The summed E-state index contributed by atoms with van der Waals surface area (Å²) in [7, 11) is 1.83. The molecule has 0 saturated carbocycles. The maximum absolute atomic E-state index is 14.8. The zero-order chi connectivity index (χ0) is 27.1. The lowest BCUT2D eigenvalue weighted by Gasteiger charge is -2.18. The molecule has 0 bridgehead atoms. The molecule has 1 amide bonds. The molecule has 0 spiro atoms. The number of nitrogens with two attached hydrogens (primary N) is 2. The Morgan fingerprint density at radius 1 is 1.28 bits per heavy atom. The average molecular weight is 499 g/mol. The van der Waals surface area contributed by atoms with Gasteiger partial charge in [-0.25, -0.2) is 15.0 Å². The molecule has 1 saturated heterocycles. The van der Waals surface area contributed by atoms with E-state index in [0.717, 1.165) is 6.54 Å². The van der Waals surface area contributed by atoms with Crippen LogP contribution in [-0.4, -0.2) is 43.9 Å². The first-order valence-corrected chi connectivity index (χ1v) is 12.2. The van der Waals surface area contributed by atoms with Crippen molar-refractivity contribution < 1.29 is 13.9 Å². The fraction of sp³-hybridized carbons (Fsp3) is 0.407. The molecule has 1 unspecified atom stereocenters. The van der Waals surface area contributed by atoms with Gasteiger partial charge in [-0.1, -0.05) is 46.2 Å². The summed E-state index contributed by atoms with van der Waals surface area (Å²) in [6, 6.07) is 13.2. The second-order valence-electron chi connectivity index (χ2n) is 7.93. The van der Waals surface area contributed by atoms with Crippen LogP contribution < -0.4 is 21.8 Å². The fourth-order valence-electron chi connectivity index (χ4n) is 3.29. The van der Waals surface area contributed by atoms with Crippen molar-refractivity contribution in [1.29, 1.82) is 5.26 Å². The third-order valence-corrected chi connectivity index (χ3v) is 4.87. The first-order valence-electron chi connectivity index (χ1n) is 12.2. The molecular weight excluding hydrogens is 459 g/mol. The molecule has 8 nitrogen and oxygen atoms in total. The lowest BCUT2D eigenvalue weighted by Crippen LogP contribution is -2.36. The standard InChI is InChI=1S/C22H25FN6O2.C3H8.C2H6/c1-27-9-8-17(25)12-28(26)13-19-14-29(22(30)31-19)18-6-7-20(21(23)10-18)16-4-2-15(11-24)3-5-16;1-3-2;1-2/h2-7,10,12,19,27H,8-9,13-14,25-26H2,1H3;3H2,1-2H3;1-2H3/b17-12-;;. The van der Waals surface area contributed by atoms with E-state index in [1.165, 1.54) is 22.4 Å². The number of nitrogens with one attached hydrogen (secondary N) is 1. The van der Waals surface area contributed by atoms with Crippen LogP contribution in [0.3, 0.4) is 0 Å². The number of rotatable bonds is 8. The number of ether oxygens (including phenoxy) is 1. The van der Waals surface area contributed by atoms with Crippen molar-refractivity contribution in [2.45, 2.75) is 46.6 Å². The number of hydrogen-bond acceptors (Lipinski definition) is 7. The number of benzene rings is 2. The molecule has 0 radical (unpaired) electrons. The van der Waals surface area contributed by atoms with Gasteiger partial charge in [0.1, 0.15) is 11.9 Å². The van der Waals surface area contributed by atoms with Gasteiger partial charge < -0.3 is 20.8 Å². The van der Waals surface area contributed by atoms with Gasteiger partial charge in [0.2, 0.25) is 0 Å². The van der Waals surface area contributed by atoms with Crippen LogP contribution in [0.15, 0.2) is 54.4 Å². The van der Waals surface area contributed by atoms with Crippen molar-refractivity contribution in [2.75, 3.05) is 31.6 Å².